The minimum atomic E-state index is -0.483. The lowest BCUT2D eigenvalue weighted by Crippen LogP contribution is -2.48. The van der Waals surface area contributed by atoms with Crippen LogP contribution in [-0.4, -0.2) is 35.6 Å². The van der Waals surface area contributed by atoms with E-state index in [4.69, 9.17) is 0 Å². The zero-order chi connectivity index (χ0) is 15.2. The summed E-state index contributed by atoms with van der Waals surface area (Å²) in [5.74, 6) is -0.570. The molecule has 0 spiro atoms. The van der Waals surface area contributed by atoms with Gasteiger partial charge >= 0.3 is 0 Å². The molecule has 3 N–H and O–H groups in total. The fourth-order valence-corrected chi connectivity index (χ4v) is 2.83. The summed E-state index contributed by atoms with van der Waals surface area (Å²) in [6.07, 6.45) is 3.02. The first kappa shape index (κ1) is 16.0. The second-order valence-electron chi connectivity index (χ2n) is 5.22. The monoisotopic (exact) mass is 354 g/mol. The van der Waals surface area contributed by atoms with Crippen LogP contribution >= 0.6 is 15.9 Å². The van der Waals surface area contributed by atoms with E-state index in [2.05, 4.69) is 26.6 Å². The molecule has 0 heterocycles. The van der Waals surface area contributed by atoms with Crippen LogP contribution in [0.1, 0.15) is 36.0 Å². The molecule has 1 aliphatic carbocycles. The Morgan fingerprint density at radius 3 is 2.76 bits per heavy atom. The van der Waals surface area contributed by atoms with Crippen molar-refractivity contribution in [1.29, 1.82) is 0 Å². The smallest absolute Gasteiger partial charge is 0.251 e. The molecule has 2 amide bonds. The van der Waals surface area contributed by atoms with Gasteiger partial charge in [0.25, 0.3) is 5.91 Å². The Morgan fingerprint density at radius 1 is 1.29 bits per heavy atom. The van der Waals surface area contributed by atoms with Crippen LogP contribution in [0.25, 0.3) is 0 Å². The van der Waals surface area contributed by atoms with E-state index in [0.717, 1.165) is 30.2 Å². The van der Waals surface area contributed by atoms with Gasteiger partial charge in [0.1, 0.15) is 0 Å². The largest absolute Gasteiger partial charge is 0.391 e. The Hall–Kier alpha value is -1.40. The molecule has 5 nitrogen and oxygen atoms in total. The van der Waals surface area contributed by atoms with Gasteiger partial charge in [-0.15, -0.1) is 0 Å². The highest BCUT2D eigenvalue weighted by molar-refractivity contribution is 9.10. The van der Waals surface area contributed by atoms with E-state index in [1.54, 1.807) is 18.2 Å². The Kier molecular flexibility index (Phi) is 5.76. The van der Waals surface area contributed by atoms with Crippen molar-refractivity contribution in [2.24, 2.45) is 0 Å². The molecule has 1 aromatic rings. The molecule has 0 bridgehead atoms. The molecule has 0 radical (unpaired) electrons. The number of aliphatic hydroxyl groups is 1. The lowest BCUT2D eigenvalue weighted by atomic mass is 9.92. The number of amides is 2. The van der Waals surface area contributed by atoms with Crippen LogP contribution in [0.15, 0.2) is 28.7 Å². The van der Waals surface area contributed by atoms with Crippen LogP contribution in [0, 0.1) is 0 Å². The van der Waals surface area contributed by atoms with Crippen LogP contribution < -0.4 is 10.6 Å². The fraction of sp³-hybridized carbons (Fsp3) is 0.467. The first-order valence-electron chi connectivity index (χ1n) is 7.07. The van der Waals surface area contributed by atoms with Crippen molar-refractivity contribution in [2.45, 2.75) is 37.8 Å². The van der Waals surface area contributed by atoms with Gasteiger partial charge in [0.05, 0.1) is 18.7 Å². The molecule has 0 aromatic heterocycles. The number of halogens is 1. The molecule has 1 aromatic carbocycles. The summed E-state index contributed by atoms with van der Waals surface area (Å²) >= 11 is 3.30. The number of aliphatic hydroxyl groups excluding tert-OH is 1. The number of hydrogen-bond acceptors (Lipinski definition) is 3. The number of carbonyl (C=O) groups excluding carboxylic acids is 2. The molecule has 0 aliphatic heterocycles. The second kappa shape index (κ2) is 7.56. The molecule has 1 saturated carbocycles. The Labute approximate surface area is 132 Å². The van der Waals surface area contributed by atoms with E-state index in [0.29, 0.717) is 5.56 Å². The van der Waals surface area contributed by atoms with Gasteiger partial charge in [-0.1, -0.05) is 34.8 Å². The third kappa shape index (κ3) is 4.82. The zero-order valence-electron chi connectivity index (χ0n) is 11.6. The number of carbonyl (C=O) groups is 2. The van der Waals surface area contributed by atoms with Gasteiger partial charge in [0.2, 0.25) is 5.91 Å². The average Bonchev–Trinajstić information content (AvgIpc) is 2.47. The Bertz CT molecular complexity index is 521. The van der Waals surface area contributed by atoms with Crippen LogP contribution in [0.5, 0.6) is 0 Å². The van der Waals surface area contributed by atoms with Crippen LogP contribution in [0.3, 0.4) is 0 Å². The molecule has 0 saturated heterocycles. The van der Waals surface area contributed by atoms with E-state index < -0.39 is 6.10 Å². The Morgan fingerprint density at radius 2 is 2.05 bits per heavy atom. The SMILES string of the molecule is O=C(CNC(=O)c1cccc(Br)c1)N[C@H]1CCCC[C@@H]1O. The van der Waals surface area contributed by atoms with Gasteiger partial charge in [-0.25, -0.2) is 0 Å². The highest BCUT2D eigenvalue weighted by Crippen LogP contribution is 2.18. The summed E-state index contributed by atoms with van der Waals surface area (Å²) in [7, 11) is 0. The minimum absolute atomic E-state index is 0.0887. The minimum Gasteiger partial charge on any atom is -0.391 e. The maximum absolute atomic E-state index is 11.9. The normalized spacial score (nSPS) is 21.6. The molecule has 1 fully saturated rings. The third-order valence-corrected chi connectivity index (χ3v) is 4.07. The van der Waals surface area contributed by atoms with E-state index >= 15 is 0 Å². The first-order chi connectivity index (χ1) is 10.1. The van der Waals surface area contributed by atoms with E-state index in [1.165, 1.54) is 0 Å². The summed E-state index contributed by atoms with van der Waals surface area (Å²) in [5, 5.41) is 15.1. The lowest BCUT2D eigenvalue weighted by Gasteiger charge is -2.28. The van der Waals surface area contributed by atoms with Gasteiger partial charge in [-0.3, -0.25) is 9.59 Å². The fourth-order valence-electron chi connectivity index (χ4n) is 2.43. The van der Waals surface area contributed by atoms with E-state index in [9.17, 15) is 14.7 Å². The topological polar surface area (TPSA) is 78.4 Å². The molecule has 1 aliphatic rings. The van der Waals surface area contributed by atoms with Crippen molar-refractivity contribution in [3.8, 4) is 0 Å². The predicted molar refractivity (Wildman–Crippen MR) is 82.9 cm³/mol. The van der Waals surface area contributed by atoms with E-state index in [-0.39, 0.29) is 24.4 Å². The molecule has 114 valence electrons. The molecule has 21 heavy (non-hydrogen) atoms. The molecule has 0 unspecified atom stereocenters. The molecule has 2 atom stereocenters. The van der Waals surface area contributed by atoms with Crippen molar-refractivity contribution in [3.63, 3.8) is 0 Å². The quantitative estimate of drug-likeness (QED) is 0.768. The van der Waals surface area contributed by atoms with Crippen LogP contribution in [0.4, 0.5) is 0 Å². The van der Waals surface area contributed by atoms with Crippen molar-refractivity contribution < 1.29 is 14.7 Å². The number of hydrogen-bond donors (Lipinski definition) is 3. The summed E-state index contributed by atoms with van der Waals surface area (Å²) in [4.78, 5) is 23.7. The predicted octanol–water partition coefficient (Wildman–Crippen LogP) is 1.60. The maximum atomic E-state index is 11.9. The molecule has 2 rings (SSSR count). The highest BCUT2D eigenvalue weighted by Gasteiger charge is 2.24. The first-order valence-corrected chi connectivity index (χ1v) is 7.87. The summed E-state index contributed by atoms with van der Waals surface area (Å²) in [6.45, 7) is -0.0887. The van der Waals surface area contributed by atoms with Gasteiger partial charge in [0.15, 0.2) is 0 Å². The summed E-state index contributed by atoms with van der Waals surface area (Å²) in [6, 6.07) is 6.76. The average molecular weight is 355 g/mol. The second-order valence-corrected chi connectivity index (χ2v) is 6.13. The highest BCUT2D eigenvalue weighted by atomic mass is 79.9. The standard InChI is InChI=1S/C15H19BrN2O3/c16-11-5-3-4-10(8-11)15(21)17-9-14(20)18-12-6-1-2-7-13(12)19/h3-5,8,12-13,19H,1-2,6-7,9H2,(H,17,21)(H,18,20)/t12-,13-/m0/s1. The van der Waals surface area contributed by atoms with Crippen molar-refractivity contribution in [2.75, 3.05) is 6.54 Å². The summed E-state index contributed by atoms with van der Waals surface area (Å²) in [5.41, 5.74) is 0.495. The van der Waals surface area contributed by atoms with Gasteiger partial charge in [0, 0.05) is 10.0 Å². The maximum Gasteiger partial charge on any atom is 0.251 e. The van der Waals surface area contributed by atoms with Gasteiger partial charge in [-0.05, 0) is 31.0 Å². The lowest BCUT2D eigenvalue weighted by molar-refractivity contribution is -0.122. The molecule has 6 heteroatoms. The van der Waals surface area contributed by atoms with Crippen LogP contribution in [-0.2, 0) is 4.79 Å². The van der Waals surface area contributed by atoms with Gasteiger partial charge < -0.3 is 15.7 Å². The van der Waals surface area contributed by atoms with Crippen LogP contribution in [0.2, 0.25) is 0 Å². The number of rotatable bonds is 4. The summed E-state index contributed by atoms with van der Waals surface area (Å²) < 4.78 is 0.810. The Balaban J connectivity index is 1.79. The van der Waals surface area contributed by atoms with Crippen molar-refractivity contribution in [1.82, 2.24) is 10.6 Å². The zero-order valence-corrected chi connectivity index (χ0v) is 13.2. The molecular weight excluding hydrogens is 336 g/mol. The number of benzene rings is 1. The van der Waals surface area contributed by atoms with Crippen molar-refractivity contribution in [3.05, 3.63) is 34.3 Å². The van der Waals surface area contributed by atoms with E-state index in [1.807, 2.05) is 6.07 Å². The third-order valence-electron chi connectivity index (χ3n) is 3.57. The van der Waals surface area contributed by atoms with Gasteiger partial charge in [-0.2, -0.15) is 0 Å². The number of nitrogens with one attached hydrogen (secondary N) is 2. The molecular formula is C15H19BrN2O3. The van der Waals surface area contributed by atoms with Crippen molar-refractivity contribution >= 4 is 27.7 Å².